The summed E-state index contributed by atoms with van der Waals surface area (Å²) in [5, 5.41) is 9.34. The van der Waals surface area contributed by atoms with Crippen LogP contribution in [0.25, 0.3) is 0 Å². The Morgan fingerprint density at radius 1 is 1.24 bits per heavy atom. The van der Waals surface area contributed by atoms with Gasteiger partial charge in [0.25, 0.3) is 0 Å². The van der Waals surface area contributed by atoms with Gasteiger partial charge in [0.15, 0.2) is 0 Å². The average Bonchev–Trinajstić information content (AvgIpc) is 2.29. The zero-order valence-corrected chi connectivity index (χ0v) is 10.9. The van der Waals surface area contributed by atoms with Gasteiger partial charge >= 0.3 is 5.97 Å². The Labute approximate surface area is 104 Å². The molecule has 0 spiro atoms. The summed E-state index contributed by atoms with van der Waals surface area (Å²) in [6.07, 6.45) is 4.19. The van der Waals surface area contributed by atoms with E-state index in [1.165, 1.54) is 6.42 Å². The summed E-state index contributed by atoms with van der Waals surface area (Å²) in [7, 11) is 2.14. The quantitative estimate of drug-likeness (QED) is 0.789. The van der Waals surface area contributed by atoms with Gasteiger partial charge in [0.1, 0.15) is 0 Å². The van der Waals surface area contributed by atoms with Crippen LogP contribution in [-0.4, -0.2) is 59.6 Å². The Balaban J connectivity index is 2.05. The monoisotopic (exact) mass is 240 g/mol. The van der Waals surface area contributed by atoms with Crippen molar-refractivity contribution in [3.63, 3.8) is 0 Å². The van der Waals surface area contributed by atoms with Gasteiger partial charge < -0.3 is 10.0 Å². The molecule has 1 aliphatic carbocycles. The van der Waals surface area contributed by atoms with Crippen molar-refractivity contribution in [2.45, 2.75) is 44.7 Å². The van der Waals surface area contributed by atoms with Gasteiger partial charge in [0.05, 0.1) is 5.92 Å². The molecule has 2 rings (SSSR count). The van der Waals surface area contributed by atoms with Crippen molar-refractivity contribution in [2.75, 3.05) is 26.7 Å². The van der Waals surface area contributed by atoms with Crippen LogP contribution in [0.15, 0.2) is 0 Å². The van der Waals surface area contributed by atoms with Crippen LogP contribution in [-0.2, 0) is 4.79 Å². The Morgan fingerprint density at radius 2 is 1.94 bits per heavy atom. The molecule has 0 amide bonds. The maximum absolute atomic E-state index is 11.3. The molecule has 1 aliphatic heterocycles. The summed E-state index contributed by atoms with van der Waals surface area (Å²) in [6, 6.07) is 0.753. The molecule has 1 heterocycles. The predicted molar refractivity (Wildman–Crippen MR) is 67.0 cm³/mol. The Kier molecular flexibility index (Phi) is 4.05. The molecule has 98 valence electrons. The summed E-state index contributed by atoms with van der Waals surface area (Å²) in [6.45, 7) is 5.37. The molecule has 17 heavy (non-hydrogen) atoms. The van der Waals surface area contributed by atoms with Crippen molar-refractivity contribution in [3.05, 3.63) is 0 Å². The first-order valence-corrected chi connectivity index (χ1v) is 6.76. The van der Waals surface area contributed by atoms with E-state index >= 15 is 0 Å². The lowest BCUT2D eigenvalue weighted by molar-refractivity contribution is -0.146. The zero-order chi connectivity index (χ0) is 12.4. The first-order valence-electron chi connectivity index (χ1n) is 6.76. The van der Waals surface area contributed by atoms with Gasteiger partial charge in [-0.3, -0.25) is 9.69 Å². The molecular formula is C13H24N2O2. The van der Waals surface area contributed by atoms with Crippen LogP contribution in [0.1, 0.15) is 32.6 Å². The van der Waals surface area contributed by atoms with Crippen molar-refractivity contribution in [3.8, 4) is 0 Å². The van der Waals surface area contributed by atoms with Crippen molar-refractivity contribution in [1.29, 1.82) is 0 Å². The second-order valence-electron chi connectivity index (χ2n) is 5.65. The van der Waals surface area contributed by atoms with E-state index in [-0.39, 0.29) is 12.0 Å². The van der Waals surface area contributed by atoms with Crippen LogP contribution in [0.5, 0.6) is 0 Å². The molecule has 0 aromatic heterocycles. The Morgan fingerprint density at radius 3 is 2.59 bits per heavy atom. The molecule has 3 unspecified atom stereocenters. The van der Waals surface area contributed by atoms with Crippen LogP contribution >= 0.6 is 0 Å². The molecule has 0 aromatic rings. The van der Waals surface area contributed by atoms with Gasteiger partial charge in [-0.25, -0.2) is 0 Å². The highest BCUT2D eigenvalue weighted by Gasteiger charge is 2.37. The van der Waals surface area contributed by atoms with E-state index in [1.54, 1.807) is 0 Å². The maximum atomic E-state index is 11.3. The van der Waals surface area contributed by atoms with Gasteiger partial charge in [0.2, 0.25) is 0 Å². The molecule has 4 heteroatoms. The smallest absolute Gasteiger partial charge is 0.308 e. The van der Waals surface area contributed by atoms with E-state index in [9.17, 15) is 9.90 Å². The Bertz CT molecular complexity index is 283. The van der Waals surface area contributed by atoms with Crippen LogP contribution < -0.4 is 0 Å². The van der Waals surface area contributed by atoms with E-state index in [4.69, 9.17) is 0 Å². The molecule has 0 aromatic carbocycles. The maximum Gasteiger partial charge on any atom is 0.308 e. The third-order valence-electron chi connectivity index (χ3n) is 4.35. The number of rotatable bonds is 2. The molecule has 4 nitrogen and oxygen atoms in total. The van der Waals surface area contributed by atoms with Crippen LogP contribution in [0.3, 0.4) is 0 Å². The molecule has 2 fully saturated rings. The third kappa shape index (κ3) is 2.80. The van der Waals surface area contributed by atoms with Gasteiger partial charge in [-0.05, 0) is 26.8 Å². The highest BCUT2D eigenvalue weighted by atomic mass is 16.4. The number of carboxylic acid groups (broad SMARTS) is 1. The summed E-state index contributed by atoms with van der Waals surface area (Å²) in [5.74, 6) is -0.740. The normalized spacial score (nSPS) is 36.9. The van der Waals surface area contributed by atoms with Gasteiger partial charge in [0, 0.05) is 31.7 Å². The minimum absolute atomic E-state index is 0.144. The number of carboxylic acids is 1. The number of hydrogen-bond donors (Lipinski definition) is 1. The first kappa shape index (κ1) is 12.8. The van der Waals surface area contributed by atoms with E-state index in [0.717, 1.165) is 38.9 Å². The lowest BCUT2D eigenvalue weighted by atomic mass is 9.82. The largest absolute Gasteiger partial charge is 0.481 e. The van der Waals surface area contributed by atoms with E-state index < -0.39 is 5.97 Å². The van der Waals surface area contributed by atoms with E-state index in [0.29, 0.717) is 6.04 Å². The lowest BCUT2D eigenvalue weighted by Gasteiger charge is -2.46. The first-order chi connectivity index (χ1) is 8.09. The summed E-state index contributed by atoms with van der Waals surface area (Å²) >= 11 is 0. The number of carbonyl (C=O) groups is 1. The standard InChI is InChI=1S/C13H24N2O2/c1-10-9-14(2)7-8-15(10)12-6-4-3-5-11(12)13(16)17/h10-12H,3-9H2,1-2H3,(H,16,17). The Hall–Kier alpha value is -0.610. The molecular weight excluding hydrogens is 216 g/mol. The molecule has 3 atom stereocenters. The molecule has 0 bridgehead atoms. The average molecular weight is 240 g/mol. The fourth-order valence-corrected chi connectivity index (χ4v) is 3.44. The van der Waals surface area contributed by atoms with Crippen molar-refractivity contribution < 1.29 is 9.90 Å². The summed E-state index contributed by atoms with van der Waals surface area (Å²) in [5.41, 5.74) is 0. The van der Waals surface area contributed by atoms with Crippen LogP contribution in [0.2, 0.25) is 0 Å². The minimum Gasteiger partial charge on any atom is -0.481 e. The number of aliphatic carboxylic acids is 1. The second kappa shape index (κ2) is 5.36. The second-order valence-corrected chi connectivity index (χ2v) is 5.65. The van der Waals surface area contributed by atoms with E-state index in [1.807, 2.05) is 0 Å². The lowest BCUT2D eigenvalue weighted by Crippen LogP contribution is -2.57. The van der Waals surface area contributed by atoms with Gasteiger partial charge in [-0.15, -0.1) is 0 Å². The summed E-state index contributed by atoms with van der Waals surface area (Å²) in [4.78, 5) is 16.1. The molecule has 2 aliphatic rings. The van der Waals surface area contributed by atoms with Crippen molar-refractivity contribution >= 4 is 5.97 Å². The fourth-order valence-electron chi connectivity index (χ4n) is 3.44. The topological polar surface area (TPSA) is 43.8 Å². The zero-order valence-electron chi connectivity index (χ0n) is 10.9. The highest BCUT2D eigenvalue weighted by molar-refractivity contribution is 5.71. The van der Waals surface area contributed by atoms with Crippen LogP contribution in [0.4, 0.5) is 0 Å². The van der Waals surface area contributed by atoms with Crippen molar-refractivity contribution in [1.82, 2.24) is 9.80 Å². The molecule has 1 N–H and O–H groups in total. The number of hydrogen-bond acceptors (Lipinski definition) is 3. The van der Waals surface area contributed by atoms with Crippen molar-refractivity contribution in [2.24, 2.45) is 5.92 Å². The minimum atomic E-state index is -0.596. The van der Waals surface area contributed by atoms with Gasteiger partial charge in [-0.1, -0.05) is 12.8 Å². The number of likely N-dealkylation sites (N-methyl/N-ethyl adjacent to an activating group) is 1. The van der Waals surface area contributed by atoms with Gasteiger partial charge in [-0.2, -0.15) is 0 Å². The number of piperazine rings is 1. The molecule has 1 saturated heterocycles. The van der Waals surface area contributed by atoms with E-state index in [2.05, 4.69) is 23.8 Å². The highest BCUT2D eigenvalue weighted by Crippen LogP contribution is 2.30. The number of nitrogens with zero attached hydrogens (tertiary/aromatic N) is 2. The molecule has 0 radical (unpaired) electrons. The molecule has 1 saturated carbocycles. The third-order valence-corrected chi connectivity index (χ3v) is 4.35. The predicted octanol–water partition coefficient (Wildman–Crippen LogP) is 1.27. The SMILES string of the molecule is CC1CN(C)CCN1C1CCCCC1C(=O)O. The summed E-state index contributed by atoms with van der Waals surface area (Å²) < 4.78 is 0. The van der Waals surface area contributed by atoms with Crippen LogP contribution in [0, 0.1) is 5.92 Å². The fraction of sp³-hybridized carbons (Fsp3) is 0.923.